The van der Waals surface area contributed by atoms with Gasteiger partial charge in [0, 0.05) is 29.6 Å². The average Bonchev–Trinajstić information content (AvgIpc) is 2.97. The lowest BCUT2D eigenvalue weighted by Crippen LogP contribution is -2.31. The number of pyridine rings is 1. The molecule has 1 aromatic heterocycles. The van der Waals surface area contributed by atoms with E-state index in [9.17, 15) is 4.79 Å². The number of nitrogens with zero attached hydrogens (tertiary/aromatic N) is 2. The fraction of sp³-hybridized carbons (Fsp3) is 0.250. The second-order valence-electron chi connectivity index (χ2n) is 5.17. The summed E-state index contributed by atoms with van der Waals surface area (Å²) >= 11 is 5.89. The predicted octanol–water partition coefficient (Wildman–Crippen LogP) is 3.29. The summed E-state index contributed by atoms with van der Waals surface area (Å²) in [6.45, 7) is 0.744. The normalized spacial score (nSPS) is 18.0. The van der Waals surface area contributed by atoms with Gasteiger partial charge in [-0.05, 0) is 48.7 Å². The quantitative estimate of drug-likeness (QED) is 0.866. The summed E-state index contributed by atoms with van der Waals surface area (Å²) in [4.78, 5) is 18.7. The van der Waals surface area contributed by atoms with Crippen molar-refractivity contribution in [3.8, 4) is 0 Å². The number of rotatable bonds is 2. The zero-order valence-corrected chi connectivity index (χ0v) is 12.3. The number of nitrogen functional groups attached to an aromatic ring is 1. The van der Waals surface area contributed by atoms with Gasteiger partial charge in [-0.25, -0.2) is 0 Å². The Kier molecular flexibility index (Phi) is 3.80. The highest BCUT2D eigenvalue weighted by molar-refractivity contribution is 6.31. The van der Waals surface area contributed by atoms with Crippen LogP contribution in [0.4, 0.5) is 5.69 Å². The number of anilines is 1. The highest BCUT2D eigenvalue weighted by atomic mass is 35.5. The molecule has 0 aliphatic carbocycles. The Balaban J connectivity index is 1.90. The third-order valence-electron chi connectivity index (χ3n) is 3.85. The Hall–Kier alpha value is -2.07. The van der Waals surface area contributed by atoms with Gasteiger partial charge in [-0.3, -0.25) is 9.78 Å². The van der Waals surface area contributed by atoms with Crippen LogP contribution in [0, 0.1) is 0 Å². The van der Waals surface area contributed by atoms with Crippen molar-refractivity contribution in [2.45, 2.75) is 18.9 Å². The van der Waals surface area contributed by atoms with Gasteiger partial charge >= 0.3 is 0 Å². The van der Waals surface area contributed by atoms with E-state index >= 15 is 0 Å². The molecule has 1 fully saturated rings. The van der Waals surface area contributed by atoms with Crippen molar-refractivity contribution in [3.05, 3.63) is 58.9 Å². The summed E-state index contributed by atoms with van der Waals surface area (Å²) in [6, 6.07) is 9.02. The van der Waals surface area contributed by atoms with E-state index in [1.807, 2.05) is 17.0 Å². The molecule has 0 bridgehead atoms. The van der Waals surface area contributed by atoms with Gasteiger partial charge in [-0.1, -0.05) is 11.6 Å². The Morgan fingerprint density at radius 3 is 2.76 bits per heavy atom. The maximum atomic E-state index is 12.8. The van der Waals surface area contributed by atoms with Crippen LogP contribution in [0.2, 0.25) is 5.02 Å². The monoisotopic (exact) mass is 301 g/mol. The second kappa shape index (κ2) is 5.74. The van der Waals surface area contributed by atoms with Crippen molar-refractivity contribution in [1.82, 2.24) is 9.88 Å². The molecule has 4 nitrogen and oxygen atoms in total. The number of carbonyl (C=O) groups is 1. The molecule has 1 unspecified atom stereocenters. The molecule has 0 spiro atoms. The summed E-state index contributed by atoms with van der Waals surface area (Å²) in [5, 5.41) is 0.538. The van der Waals surface area contributed by atoms with Gasteiger partial charge < -0.3 is 10.6 Å². The number of amides is 1. The highest BCUT2D eigenvalue weighted by Crippen LogP contribution is 2.33. The van der Waals surface area contributed by atoms with Crippen LogP contribution in [0.3, 0.4) is 0 Å². The van der Waals surface area contributed by atoms with Crippen LogP contribution in [-0.2, 0) is 0 Å². The molecule has 21 heavy (non-hydrogen) atoms. The Bertz CT molecular complexity index is 660. The van der Waals surface area contributed by atoms with Crippen LogP contribution in [0.1, 0.15) is 34.8 Å². The molecule has 108 valence electrons. The summed E-state index contributed by atoms with van der Waals surface area (Å²) in [5.74, 6) is -0.0384. The van der Waals surface area contributed by atoms with Crippen molar-refractivity contribution in [1.29, 1.82) is 0 Å². The van der Waals surface area contributed by atoms with Crippen molar-refractivity contribution in [2.75, 3.05) is 12.3 Å². The second-order valence-corrected chi connectivity index (χ2v) is 5.61. The topological polar surface area (TPSA) is 59.2 Å². The number of carbonyl (C=O) groups excluding carboxylic acids is 1. The van der Waals surface area contributed by atoms with E-state index in [1.165, 1.54) is 0 Å². The van der Waals surface area contributed by atoms with Gasteiger partial charge in [0.2, 0.25) is 0 Å². The first-order chi connectivity index (χ1) is 10.2. The van der Waals surface area contributed by atoms with Crippen LogP contribution < -0.4 is 5.73 Å². The molecule has 2 N–H and O–H groups in total. The molecule has 1 aliphatic heterocycles. The molecular formula is C16H16ClN3O. The van der Waals surface area contributed by atoms with Crippen LogP contribution in [0.15, 0.2) is 42.7 Å². The number of hydrogen-bond acceptors (Lipinski definition) is 3. The molecule has 0 radical (unpaired) electrons. The van der Waals surface area contributed by atoms with E-state index in [-0.39, 0.29) is 11.9 Å². The van der Waals surface area contributed by atoms with E-state index < -0.39 is 0 Å². The molecule has 0 saturated carbocycles. The standard InChI is InChI=1S/C16H16ClN3O/c17-12-3-4-13(14(18)10-12)16(21)20-9-1-2-15(20)11-5-7-19-8-6-11/h3-8,10,15H,1-2,9,18H2. The molecule has 2 heterocycles. The first-order valence-electron chi connectivity index (χ1n) is 6.93. The number of likely N-dealkylation sites (tertiary alicyclic amines) is 1. The largest absolute Gasteiger partial charge is 0.398 e. The minimum atomic E-state index is -0.0384. The minimum absolute atomic E-state index is 0.0384. The molecule has 1 aromatic carbocycles. The number of aromatic nitrogens is 1. The number of hydrogen-bond donors (Lipinski definition) is 1. The summed E-state index contributed by atoms with van der Waals surface area (Å²) < 4.78 is 0. The zero-order chi connectivity index (χ0) is 14.8. The summed E-state index contributed by atoms with van der Waals surface area (Å²) in [7, 11) is 0. The lowest BCUT2D eigenvalue weighted by molar-refractivity contribution is 0.0736. The van der Waals surface area contributed by atoms with Crippen molar-refractivity contribution >= 4 is 23.2 Å². The van der Waals surface area contributed by atoms with Gasteiger partial charge in [-0.15, -0.1) is 0 Å². The van der Waals surface area contributed by atoms with Crippen molar-refractivity contribution < 1.29 is 4.79 Å². The van der Waals surface area contributed by atoms with Gasteiger partial charge in [0.15, 0.2) is 0 Å². The smallest absolute Gasteiger partial charge is 0.256 e. The molecule has 3 rings (SSSR count). The van der Waals surface area contributed by atoms with Crippen LogP contribution in [-0.4, -0.2) is 22.3 Å². The Morgan fingerprint density at radius 2 is 2.05 bits per heavy atom. The highest BCUT2D eigenvalue weighted by Gasteiger charge is 2.31. The van der Waals surface area contributed by atoms with E-state index in [0.717, 1.165) is 24.9 Å². The van der Waals surface area contributed by atoms with Crippen LogP contribution in [0.25, 0.3) is 0 Å². The lowest BCUT2D eigenvalue weighted by Gasteiger charge is -2.25. The minimum Gasteiger partial charge on any atom is -0.398 e. The zero-order valence-electron chi connectivity index (χ0n) is 11.5. The number of halogens is 1. The van der Waals surface area contributed by atoms with E-state index in [4.69, 9.17) is 17.3 Å². The van der Waals surface area contributed by atoms with Crippen LogP contribution >= 0.6 is 11.6 Å². The molecule has 5 heteroatoms. The predicted molar refractivity (Wildman–Crippen MR) is 83.1 cm³/mol. The summed E-state index contributed by atoms with van der Waals surface area (Å²) in [6.07, 6.45) is 5.47. The maximum Gasteiger partial charge on any atom is 0.256 e. The van der Waals surface area contributed by atoms with Gasteiger partial charge in [0.25, 0.3) is 5.91 Å². The van der Waals surface area contributed by atoms with Crippen LogP contribution in [0.5, 0.6) is 0 Å². The first kappa shape index (κ1) is 13.9. The summed E-state index contributed by atoms with van der Waals surface area (Å²) in [5.41, 5.74) is 7.98. The average molecular weight is 302 g/mol. The van der Waals surface area contributed by atoms with Crippen molar-refractivity contribution in [2.24, 2.45) is 0 Å². The molecular weight excluding hydrogens is 286 g/mol. The molecule has 2 aromatic rings. The van der Waals surface area contributed by atoms with Gasteiger partial charge in [0.1, 0.15) is 0 Å². The van der Waals surface area contributed by atoms with Crippen molar-refractivity contribution in [3.63, 3.8) is 0 Å². The first-order valence-corrected chi connectivity index (χ1v) is 7.30. The molecule has 1 atom stereocenters. The third-order valence-corrected chi connectivity index (χ3v) is 4.08. The Labute approximate surface area is 128 Å². The van der Waals surface area contributed by atoms with Gasteiger partial charge in [-0.2, -0.15) is 0 Å². The fourth-order valence-corrected chi connectivity index (χ4v) is 3.01. The molecule has 1 saturated heterocycles. The lowest BCUT2D eigenvalue weighted by atomic mass is 10.0. The molecule has 1 aliphatic rings. The molecule has 1 amide bonds. The third kappa shape index (κ3) is 2.72. The van der Waals surface area contributed by atoms with Gasteiger partial charge in [0.05, 0.1) is 11.6 Å². The number of nitrogens with two attached hydrogens (primary N) is 1. The van der Waals surface area contributed by atoms with E-state index in [1.54, 1.807) is 30.6 Å². The SMILES string of the molecule is Nc1cc(Cl)ccc1C(=O)N1CCCC1c1ccncc1. The maximum absolute atomic E-state index is 12.8. The Morgan fingerprint density at radius 1 is 1.29 bits per heavy atom. The van der Waals surface area contributed by atoms with E-state index in [2.05, 4.69) is 4.98 Å². The number of benzene rings is 1. The van der Waals surface area contributed by atoms with E-state index in [0.29, 0.717) is 16.3 Å². The fourth-order valence-electron chi connectivity index (χ4n) is 2.83.